The number of fused-ring (bicyclic) bond motifs is 1. The van der Waals surface area contributed by atoms with Gasteiger partial charge in [0.15, 0.2) is 5.76 Å². The predicted octanol–water partition coefficient (Wildman–Crippen LogP) is 1.50. The van der Waals surface area contributed by atoms with E-state index in [0.29, 0.717) is 12.2 Å². The molecule has 0 fully saturated rings. The molecule has 0 saturated carbocycles. The second-order valence-corrected chi connectivity index (χ2v) is 7.82. The quantitative estimate of drug-likeness (QED) is 0.835. The molecule has 128 valence electrons. The van der Waals surface area contributed by atoms with Crippen LogP contribution in [0.5, 0.6) is 0 Å². The largest absolute Gasteiger partial charge is 0.360 e. The summed E-state index contributed by atoms with van der Waals surface area (Å²) in [6.07, 6.45) is 0.780. The maximum Gasteiger partial charge on any atom is 0.248 e. The Balaban J connectivity index is 1.80. The normalized spacial score (nSPS) is 14.2. The van der Waals surface area contributed by atoms with Crippen molar-refractivity contribution in [1.29, 1.82) is 0 Å². The molecule has 0 bridgehead atoms. The number of aromatic nitrogens is 1. The topological polar surface area (TPSA) is 83.7 Å². The van der Waals surface area contributed by atoms with Crippen molar-refractivity contribution < 1.29 is 17.7 Å². The van der Waals surface area contributed by atoms with Crippen LogP contribution < -0.4 is 4.90 Å². The molecule has 1 aliphatic heterocycles. The third kappa shape index (κ3) is 2.71. The Labute approximate surface area is 140 Å². The minimum Gasteiger partial charge on any atom is -0.360 e. The zero-order valence-corrected chi connectivity index (χ0v) is 14.6. The zero-order valence-electron chi connectivity index (χ0n) is 13.8. The molecule has 0 N–H and O–H groups in total. The first-order valence-electron chi connectivity index (χ1n) is 7.60. The smallest absolute Gasteiger partial charge is 0.248 e. The standard InChI is InChI=1S/C16H19N3O4S/c1-11-16(12(2)23-17-11)24(21,22)18(3)10-15(20)19-9-8-13-6-4-5-7-14(13)19/h4-7H,8-10H2,1-3H3. The average Bonchev–Trinajstić information content (AvgIpc) is 3.10. The second-order valence-electron chi connectivity index (χ2n) is 5.84. The fourth-order valence-corrected chi connectivity index (χ4v) is 4.36. The number of likely N-dealkylation sites (N-methyl/N-ethyl adjacent to an activating group) is 1. The van der Waals surface area contributed by atoms with Crippen LogP contribution in [-0.4, -0.2) is 43.9 Å². The summed E-state index contributed by atoms with van der Waals surface area (Å²) < 4.78 is 31.3. The van der Waals surface area contributed by atoms with Crippen LogP contribution in [0.1, 0.15) is 17.0 Å². The molecule has 0 atom stereocenters. The van der Waals surface area contributed by atoms with Crippen molar-refractivity contribution in [1.82, 2.24) is 9.46 Å². The van der Waals surface area contributed by atoms with Crippen molar-refractivity contribution in [2.45, 2.75) is 25.2 Å². The summed E-state index contributed by atoms with van der Waals surface area (Å²) in [6.45, 7) is 3.44. The Kier molecular flexibility index (Phi) is 4.18. The number of hydrogen-bond donors (Lipinski definition) is 0. The lowest BCUT2D eigenvalue weighted by molar-refractivity contribution is -0.118. The highest BCUT2D eigenvalue weighted by molar-refractivity contribution is 7.89. The Bertz CT molecular complexity index is 869. The number of hydrogen-bond acceptors (Lipinski definition) is 5. The molecular formula is C16H19N3O4S. The summed E-state index contributed by atoms with van der Waals surface area (Å²) in [6, 6.07) is 7.66. The number of rotatable bonds is 4. The zero-order chi connectivity index (χ0) is 17.5. The number of carbonyl (C=O) groups is 1. The van der Waals surface area contributed by atoms with E-state index in [0.717, 1.165) is 22.0 Å². The highest BCUT2D eigenvalue weighted by Gasteiger charge is 2.32. The van der Waals surface area contributed by atoms with Gasteiger partial charge in [-0.25, -0.2) is 8.42 Å². The van der Waals surface area contributed by atoms with E-state index in [1.54, 1.807) is 18.7 Å². The number of aryl methyl sites for hydroxylation is 2. The lowest BCUT2D eigenvalue weighted by Crippen LogP contribution is -2.40. The molecule has 0 unspecified atom stereocenters. The van der Waals surface area contributed by atoms with Gasteiger partial charge in [-0.2, -0.15) is 4.31 Å². The number of amides is 1. The molecule has 0 spiro atoms. The summed E-state index contributed by atoms with van der Waals surface area (Å²) in [5.74, 6) is -0.0314. The highest BCUT2D eigenvalue weighted by Crippen LogP contribution is 2.28. The Morgan fingerprint density at radius 1 is 1.33 bits per heavy atom. The summed E-state index contributed by atoms with van der Waals surface area (Å²) in [5, 5.41) is 3.68. The number of carbonyl (C=O) groups excluding carboxylic acids is 1. The van der Waals surface area contributed by atoms with Gasteiger partial charge in [-0.3, -0.25) is 4.79 Å². The van der Waals surface area contributed by atoms with Gasteiger partial charge in [-0.1, -0.05) is 23.4 Å². The maximum atomic E-state index is 12.7. The van der Waals surface area contributed by atoms with Gasteiger partial charge in [-0.05, 0) is 31.9 Å². The van der Waals surface area contributed by atoms with Crippen LogP contribution in [0.2, 0.25) is 0 Å². The van der Waals surface area contributed by atoms with E-state index in [1.807, 2.05) is 24.3 Å². The first kappa shape index (κ1) is 16.7. The molecule has 1 aromatic heterocycles. The van der Waals surface area contributed by atoms with Gasteiger partial charge in [-0.15, -0.1) is 0 Å². The summed E-state index contributed by atoms with van der Waals surface area (Å²) in [5.41, 5.74) is 2.24. The monoisotopic (exact) mass is 349 g/mol. The molecule has 1 amide bonds. The van der Waals surface area contributed by atoms with Crippen molar-refractivity contribution in [3.05, 3.63) is 41.3 Å². The van der Waals surface area contributed by atoms with Crippen LogP contribution in [-0.2, 0) is 21.2 Å². The number of anilines is 1. The van der Waals surface area contributed by atoms with E-state index in [1.165, 1.54) is 7.05 Å². The minimum atomic E-state index is -3.83. The van der Waals surface area contributed by atoms with Gasteiger partial charge in [0.05, 0.1) is 6.54 Å². The molecular weight excluding hydrogens is 330 g/mol. The van der Waals surface area contributed by atoms with E-state index in [9.17, 15) is 13.2 Å². The molecule has 0 aliphatic carbocycles. The Morgan fingerprint density at radius 3 is 2.71 bits per heavy atom. The van der Waals surface area contributed by atoms with E-state index < -0.39 is 10.0 Å². The van der Waals surface area contributed by atoms with E-state index in [4.69, 9.17) is 4.52 Å². The minimum absolute atomic E-state index is 0.0274. The number of nitrogens with zero attached hydrogens (tertiary/aromatic N) is 3. The number of para-hydroxylation sites is 1. The number of benzene rings is 1. The average molecular weight is 349 g/mol. The van der Waals surface area contributed by atoms with Crippen LogP contribution in [0.25, 0.3) is 0 Å². The van der Waals surface area contributed by atoms with Crippen molar-refractivity contribution in [2.75, 3.05) is 25.0 Å². The molecule has 1 aromatic carbocycles. The van der Waals surface area contributed by atoms with Crippen LogP contribution in [0, 0.1) is 13.8 Å². The maximum absolute atomic E-state index is 12.7. The highest BCUT2D eigenvalue weighted by atomic mass is 32.2. The lowest BCUT2D eigenvalue weighted by Gasteiger charge is -2.22. The van der Waals surface area contributed by atoms with Gasteiger partial charge in [0, 0.05) is 19.3 Å². The number of sulfonamides is 1. The molecule has 2 aromatic rings. The van der Waals surface area contributed by atoms with Gasteiger partial charge >= 0.3 is 0 Å². The van der Waals surface area contributed by atoms with E-state index in [2.05, 4.69) is 5.16 Å². The molecule has 0 radical (unpaired) electrons. The predicted molar refractivity (Wildman–Crippen MR) is 88.3 cm³/mol. The second kappa shape index (κ2) is 6.03. The molecule has 1 aliphatic rings. The molecule has 0 saturated heterocycles. The van der Waals surface area contributed by atoms with Gasteiger partial charge in [0.25, 0.3) is 0 Å². The van der Waals surface area contributed by atoms with Crippen LogP contribution in [0.3, 0.4) is 0 Å². The van der Waals surface area contributed by atoms with Crippen LogP contribution in [0.4, 0.5) is 5.69 Å². The SMILES string of the molecule is Cc1noc(C)c1S(=O)(=O)N(C)CC(=O)N1CCc2ccccc21. The van der Waals surface area contributed by atoms with Gasteiger partial charge in [0.1, 0.15) is 10.6 Å². The van der Waals surface area contributed by atoms with Crippen molar-refractivity contribution >= 4 is 21.6 Å². The molecule has 24 heavy (non-hydrogen) atoms. The lowest BCUT2D eigenvalue weighted by atomic mass is 10.2. The van der Waals surface area contributed by atoms with Crippen molar-refractivity contribution in [3.63, 3.8) is 0 Å². The third-order valence-electron chi connectivity index (χ3n) is 4.18. The fourth-order valence-electron chi connectivity index (χ4n) is 2.96. The molecule has 7 nitrogen and oxygen atoms in total. The summed E-state index contributed by atoms with van der Waals surface area (Å²) in [7, 11) is -2.44. The fraction of sp³-hybridized carbons (Fsp3) is 0.375. The van der Waals surface area contributed by atoms with Crippen molar-refractivity contribution in [3.8, 4) is 0 Å². The van der Waals surface area contributed by atoms with Gasteiger partial charge < -0.3 is 9.42 Å². The molecule has 3 rings (SSSR count). The van der Waals surface area contributed by atoms with Gasteiger partial charge in [0.2, 0.25) is 15.9 Å². The van der Waals surface area contributed by atoms with Crippen molar-refractivity contribution in [2.24, 2.45) is 0 Å². The van der Waals surface area contributed by atoms with E-state index in [-0.39, 0.29) is 23.1 Å². The van der Waals surface area contributed by atoms with Crippen LogP contribution >= 0.6 is 0 Å². The summed E-state index contributed by atoms with van der Waals surface area (Å²) >= 11 is 0. The Morgan fingerprint density at radius 2 is 2.04 bits per heavy atom. The molecule has 8 heteroatoms. The Hall–Kier alpha value is -2.19. The molecule has 2 heterocycles. The third-order valence-corrected chi connectivity index (χ3v) is 6.23. The van der Waals surface area contributed by atoms with E-state index >= 15 is 0 Å². The summed E-state index contributed by atoms with van der Waals surface area (Å²) in [4.78, 5) is 14.2. The first-order valence-corrected chi connectivity index (χ1v) is 9.04. The van der Waals surface area contributed by atoms with Crippen LogP contribution in [0.15, 0.2) is 33.7 Å². The first-order chi connectivity index (χ1) is 11.3.